The molecule has 0 spiro atoms. The number of carbonyl (C=O) groups is 2. The van der Waals surface area contributed by atoms with Gasteiger partial charge in [-0.3, -0.25) is 14.5 Å². The second-order valence-electron chi connectivity index (χ2n) is 6.17. The lowest BCUT2D eigenvalue weighted by Gasteiger charge is -2.27. The lowest BCUT2D eigenvalue weighted by Crippen LogP contribution is -2.48. The standard InChI is InChI=1S/C14H22N2O2/c1-2-8-6-9-10(7-8)14(18)16(13(9)17)12-5-3-4-11(12)15/h8-12H,2-7,15H2,1H3. The number of nitrogens with zero attached hydrogens (tertiary/aromatic N) is 1. The first kappa shape index (κ1) is 12.2. The van der Waals surface area contributed by atoms with Gasteiger partial charge in [-0.05, 0) is 38.0 Å². The van der Waals surface area contributed by atoms with E-state index in [2.05, 4.69) is 6.92 Å². The van der Waals surface area contributed by atoms with Crippen molar-refractivity contribution in [3.05, 3.63) is 0 Å². The number of amides is 2. The Bertz CT molecular complexity index is 358. The number of likely N-dealkylation sites (tertiary alicyclic amines) is 1. The molecule has 0 aromatic heterocycles. The van der Waals surface area contributed by atoms with Crippen LogP contribution in [0.5, 0.6) is 0 Å². The minimum atomic E-state index is -0.0322. The Morgan fingerprint density at radius 2 is 1.78 bits per heavy atom. The van der Waals surface area contributed by atoms with Crippen LogP contribution < -0.4 is 5.73 Å². The summed E-state index contributed by atoms with van der Waals surface area (Å²) in [5.41, 5.74) is 6.04. The van der Waals surface area contributed by atoms with Crippen LogP contribution in [-0.2, 0) is 9.59 Å². The first-order valence-corrected chi connectivity index (χ1v) is 7.26. The number of hydrogen-bond acceptors (Lipinski definition) is 3. The smallest absolute Gasteiger partial charge is 0.233 e. The summed E-state index contributed by atoms with van der Waals surface area (Å²) < 4.78 is 0. The molecule has 4 nitrogen and oxygen atoms in total. The molecule has 3 rings (SSSR count). The van der Waals surface area contributed by atoms with Crippen molar-refractivity contribution in [1.29, 1.82) is 0 Å². The van der Waals surface area contributed by atoms with E-state index in [1.165, 1.54) is 0 Å². The zero-order chi connectivity index (χ0) is 12.9. The summed E-state index contributed by atoms with van der Waals surface area (Å²) in [7, 11) is 0. The molecule has 100 valence electrons. The SMILES string of the molecule is CCC1CC2C(=O)N(C3CCCC3N)C(=O)C2C1. The van der Waals surface area contributed by atoms with Gasteiger partial charge in [-0.1, -0.05) is 13.3 Å². The van der Waals surface area contributed by atoms with E-state index < -0.39 is 0 Å². The Morgan fingerprint density at radius 3 is 2.22 bits per heavy atom. The van der Waals surface area contributed by atoms with E-state index in [4.69, 9.17) is 5.73 Å². The predicted octanol–water partition coefficient (Wildman–Crippen LogP) is 1.29. The number of nitrogens with two attached hydrogens (primary N) is 1. The predicted molar refractivity (Wildman–Crippen MR) is 67.5 cm³/mol. The normalized spacial score (nSPS) is 43.9. The zero-order valence-electron chi connectivity index (χ0n) is 11.0. The minimum absolute atomic E-state index is 0.00120. The molecule has 1 heterocycles. The van der Waals surface area contributed by atoms with Crippen LogP contribution in [0.25, 0.3) is 0 Å². The van der Waals surface area contributed by atoms with Gasteiger partial charge in [-0.2, -0.15) is 0 Å². The van der Waals surface area contributed by atoms with E-state index in [-0.39, 0.29) is 35.7 Å². The van der Waals surface area contributed by atoms with Crippen molar-refractivity contribution in [2.24, 2.45) is 23.5 Å². The molecular formula is C14H22N2O2. The number of fused-ring (bicyclic) bond motifs is 1. The van der Waals surface area contributed by atoms with Crippen LogP contribution in [-0.4, -0.2) is 28.8 Å². The lowest BCUT2D eigenvalue weighted by molar-refractivity contribution is -0.143. The molecule has 2 N–H and O–H groups in total. The lowest BCUT2D eigenvalue weighted by atomic mass is 10.00. The van der Waals surface area contributed by atoms with Crippen LogP contribution in [0.4, 0.5) is 0 Å². The third-order valence-corrected chi connectivity index (χ3v) is 5.21. The monoisotopic (exact) mass is 250 g/mol. The van der Waals surface area contributed by atoms with Crippen LogP contribution in [0.1, 0.15) is 45.4 Å². The van der Waals surface area contributed by atoms with Gasteiger partial charge in [0, 0.05) is 6.04 Å². The summed E-state index contributed by atoms with van der Waals surface area (Å²) in [6.45, 7) is 2.14. The minimum Gasteiger partial charge on any atom is -0.326 e. The number of carbonyl (C=O) groups excluding carboxylic acids is 2. The Kier molecular flexibility index (Phi) is 2.93. The maximum atomic E-state index is 12.4. The number of imide groups is 1. The highest BCUT2D eigenvalue weighted by atomic mass is 16.2. The van der Waals surface area contributed by atoms with Gasteiger partial charge in [-0.15, -0.1) is 0 Å². The van der Waals surface area contributed by atoms with Crippen LogP contribution in [0.2, 0.25) is 0 Å². The summed E-state index contributed by atoms with van der Waals surface area (Å²) >= 11 is 0. The zero-order valence-corrected chi connectivity index (χ0v) is 11.0. The Morgan fingerprint density at radius 1 is 1.17 bits per heavy atom. The van der Waals surface area contributed by atoms with Gasteiger partial charge < -0.3 is 5.73 Å². The fraction of sp³-hybridized carbons (Fsp3) is 0.857. The maximum absolute atomic E-state index is 12.4. The molecule has 0 aromatic rings. The van der Waals surface area contributed by atoms with E-state index in [0.717, 1.165) is 38.5 Å². The quantitative estimate of drug-likeness (QED) is 0.751. The molecule has 0 radical (unpaired) electrons. The van der Waals surface area contributed by atoms with Gasteiger partial charge in [-0.25, -0.2) is 0 Å². The van der Waals surface area contributed by atoms with Crippen molar-refractivity contribution in [2.45, 2.75) is 57.5 Å². The molecule has 4 heteroatoms. The average molecular weight is 250 g/mol. The molecule has 1 saturated heterocycles. The largest absolute Gasteiger partial charge is 0.326 e. The van der Waals surface area contributed by atoms with Gasteiger partial charge in [0.05, 0.1) is 17.9 Å². The summed E-state index contributed by atoms with van der Waals surface area (Å²) in [4.78, 5) is 26.4. The van der Waals surface area contributed by atoms with Crippen molar-refractivity contribution in [3.8, 4) is 0 Å². The molecule has 18 heavy (non-hydrogen) atoms. The summed E-state index contributed by atoms with van der Waals surface area (Å²) in [5, 5.41) is 0. The topological polar surface area (TPSA) is 63.4 Å². The van der Waals surface area contributed by atoms with Gasteiger partial charge in [0.2, 0.25) is 11.8 Å². The van der Waals surface area contributed by atoms with Crippen LogP contribution >= 0.6 is 0 Å². The van der Waals surface area contributed by atoms with Crippen LogP contribution in [0.3, 0.4) is 0 Å². The highest BCUT2D eigenvalue weighted by Crippen LogP contribution is 2.45. The van der Waals surface area contributed by atoms with Crippen molar-refractivity contribution in [1.82, 2.24) is 4.90 Å². The highest BCUT2D eigenvalue weighted by molar-refractivity contribution is 6.05. The second kappa shape index (κ2) is 4.34. The first-order chi connectivity index (χ1) is 8.63. The van der Waals surface area contributed by atoms with E-state index in [0.29, 0.717) is 5.92 Å². The van der Waals surface area contributed by atoms with Crippen molar-refractivity contribution < 1.29 is 9.59 Å². The molecule has 0 aromatic carbocycles. The van der Waals surface area contributed by atoms with Gasteiger partial charge >= 0.3 is 0 Å². The summed E-state index contributed by atoms with van der Waals surface area (Å²) in [6.07, 6.45) is 5.77. The van der Waals surface area contributed by atoms with Crippen molar-refractivity contribution in [2.75, 3.05) is 0 Å². The molecule has 1 aliphatic heterocycles. The second-order valence-corrected chi connectivity index (χ2v) is 6.17. The molecule has 2 saturated carbocycles. The third kappa shape index (κ3) is 1.62. The Hall–Kier alpha value is -0.900. The number of rotatable bonds is 2. The van der Waals surface area contributed by atoms with E-state index >= 15 is 0 Å². The maximum Gasteiger partial charge on any atom is 0.233 e. The van der Waals surface area contributed by atoms with Crippen molar-refractivity contribution >= 4 is 11.8 Å². The number of hydrogen-bond donors (Lipinski definition) is 1. The van der Waals surface area contributed by atoms with E-state index in [1.807, 2.05) is 0 Å². The fourth-order valence-electron chi connectivity index (χ4n) is 4.10. The molecule has 2 aliphatic carbocycles. The van der Waals surface area contributed by atoms with Gasteiger partial charge in [0.1, 0.15) is 0 Å². The summed E-state index contributed by atoms with van der Waals surface area (Å²) in [6, 6.07) is -0.0191. The third-order valence-electron chi connectivity index (χ3n) is 5.21. The van der Waals surface area contributed by atoms with Gasteiger partial charge in [0.15, 0.2) is 0 Å². The average Bonchev–Trinajstić information content (AvgIpc) is 3.00. The van der Waals surface area contributed by atoms with Crippen LogP contribution in [0, 0.1) is 17.8 Å². The van der Waals surface area contributed by atoms with E-state index in [1.54, 1.807) is 4.90 Å². The first-order valence-electron chi connectivity index (χ1n) is 7.26. The molecule has 4 unspecified atom stereocenters. The highest BCUT2D eigenvalue weighted by Gasteiger charge is 2.54. The molecule has 3 aliphatic rings. The Labute approximate surface area is 108 Å². The summed E-state index contributed by atoms with van der Waals surface area (Å²) in [5.74, 6) is 0.643. The fourth-order valence-corrected chi connectivity index (χ4v) is 4.10. The molecule has 3 fully saturated rings. The molecule has 2 amide bonds. The molecule has 0 bridgehead atoms. The van der Waals surface area contributed by atoms with Crippen LogP contribution in [0.15, 0.2) is 0 Å². The molecule has 4 atom stereocenters. The van der Waals surface area contributed by atoms with Crippen molar-refractivity contribution in [3.63, 3.8) is 0 Å². The Balaban J connectivity index is 1.80. The molecular weight excluding hydrogens is 228 g/mol. The van der Waals surface area contributed by atoms with Gasteiger partial charge in [0.25, 0.3) is 0 Å². The van der Waals surface area contributed by atoms with E-state index in [9.17, 15) is 9.59 Å².